The van der Waals surface area contributed by atoms with Crippen molar-refractivity contribution in [2.24, 2.45) is 11.3 Å². The van der Waals surface area contributed by atoms with Crippen molar-refractivity contribution >= 4 is 0 Å². The third-order valence-corrected chi connectivity index (χ3v) is 5.06. The molecule has 0 bridgehead atoms. The highest BCUT2D eigenvalue weighted by Crippen LogP contribution is 2.40. The molecule has 2 aliphatic carbocycles. The zero-order valence-electron chi connectivity index (χ0n) is 14.7. The van der Waals surface area contributed by atoms with Gasteiger partial charge in [-0.2, -0.15) is 0 Å². The molecule has 2 saturated carbocycles. The molecule has 0 aromatic carbocycles. The highest BCUT2D eigenvalue weighted by atomic mass is 16.5. The van der Waals surface area contributed by atoms with Crippen LogP contribution in [0.3, 0.4) is 0 Å². The normalized spacial score (nSPS) is 30.3. The molecule has 0 aromatic heterocycles. The zero-order chi connectivity index (χ0) is 15.3. The number of nitrogens with one attached hydrogen (secondary N) is 1. The average molecular weight is 296 g/mol. The van der Waals surface area contributed by atoms with Gasteiger partial charge >= 0.3 is 0 Å². The number of hydrogen-bond acceptors (Lipinski definition) is 3. The first-order valence-electron chi connectivity index (χ1n) is 9.03. The molecule has 0 radical (unpaired) electrons. The first-order chi connectivity index (χ1) is 9.99. The Kier molecular flexibility index (Phi) is 6.51. The maximum atomic E-state index is 5.71. The number of nitrogens with zero attached hydrogens (tertiary/aromatic N) is 1. The number of rotatable bonds is 9. The minimum atomic E-state index is 0.346. The van der Waals surface area contributed by atoms with E-state index in [0.29, 0.717) is 11.5 Å². The molecular formula is C18H36N2O. The molecule has 2 rings (SSSR count). The summed E-state index contributed by atoms with van der Waals surface area (Å²) in [6.45, 7) is 11.0. The topological polar surface area (TPSA) is 24.5 Å². The Morgan fingerprint density at radius 2 is 2.05 bits per heavy atom. The molecule has 0 spiro atoms. The Labute approximate surface area is 131 Å². The lowest BCUT2D eigenvalue weighted by Crippen LogP contribution is -2.46. The van der Waals surface area contributed by atoms with E-state index in [1.165, 1.54) is 51.6 Å². The van der Waals surface area contributed by atoms with E-state index < -0.39 is 0 Å². The van der Waals surface area contributed by atoms with Crippen molar-refractivity contribution in [3.05, 3.63) is 0 Å². The van der Waals surface area contributed by atoms with Gasteiger partial charge in [-0.25, -0.2) is 0 Å². The van der Waals surface area contributed by atoms with E-state index in [1.807, 2.05) is 0 Å². The van der Waals surface area contributed by atoms with Gasteiger partial charge in [-0.1, -0.05) is 19.8 Å². The molecule has 3 heteroatoms. The van der Waals surface area contributed by atoms with Crippen molar-refractivity contribution in [1.82, 2.24) is 10.2 Å². The van der Waals surface area contributed by atoms with Gasteiger partial charge in [0, 0.05) is 25.7 Å². The highest BCUT2D eigenvalue weighted by molar-refractivity contribution is 4.92. The van der Waals surface area contributed by atoms with E-state index in [1.54, 1.807) is 0 Å². The first kappa shape index (κ1) is 17.2. The quantitative estimate of drug-likeness (QED) is 0.706. The third kappa shape index (κ3) is 6.25. The van der Waals surface area contributed by atoms with Crippen molar-refractivity contribution in [1.29, 1.82) is 0 Å². The second-order valence-corrected chi connectivity index (χ2v) is 8.01. The van der Waals surface area contributed by atoms with Gasteiger partial charge in [-0.3, -0.25) is 0 Å². The lowest BCUT2D eigenvalue weighted by molar-refractivity contribution is 0.0422. The maximum Gasteiger partial charge on any atom is 0.0596 e. The fraction of sp³-hybridized carbons (Fsp3) is 1.00. The summed E-state index contributed by atoms with van der Waals surface area (Å²) in [5, 5.41) is 3.81. The first-order valence-corrected chi connectivity index (χ1v) is 9.03. The Hall–Kier alpha value is -0.120. The molecule has 3 nitrogen and oxygen atoms in total. The van der Waals surface area contributed by atoms with E-state index in [2.05, 4.69) is 38.0 Å². The van der Waals surface area contributed by atoms with Gasteiger partial charge in [0.25, 0.3) is 0 Å². The van der Waals surface area contributed by atoms with Crippen LogP contribution >= 0.6 is 0 Å². The summed E-state index contributed by atoms with van der Waals surface area (Å²) in [4.78, 5) is 2.50. The largest absolute Gasteiger partial charge is 0.377 e. The molecule has 2 unspecified atom stereocenters. The van der Waals surface area contributed by atoms with Crippen molar-refractivity contribution in [2.75, 3.05) is 33.3 Å². The van der Waals surface area contributed by atoms with Crippen molar-refractivity contribution in [2.45, 2.75) is 71.4 Å². The summed E-state index contributed by atoms with van der Waals surface area (Å²) in [6.07, 6.45) is 8.75. The van der Waals surface area contributed by atoms with Crippen LogP contribution < -0.4 is 5.32 Å². The van der Waals surface area contributed by atoms with Crippen LogP contribution in [0, 0.1) is 11.3 Å². The van der Waals surface area contributed by atoms with Crippen LogP contribution in [0.25, 0.3) is 0 Å². The summed E-state index contributed by atoms with van der Waals surface area (Å²) >= 11 is 0. The Bertz CT molecular complexity index is 304. The van der Waals surface area contributed by atoms with Gasteiger partial charge in [0.2, 0.25) is 0 Å². The minimum absolute atomic E-state index is 0.346. The Morgan fingerprint density at radius 3 is 2.67 bits per heavy atom. The monoisotopic (exact) mass is 296 g/mol. The molecule has 0 aliphatic heterocycles. The predicted octanol–water partition coefficient (Wildman–Crippen LogP) is 3.29. The van der Waals surface area contributed by atoms with Crippen LogP contribution in [0.4, 0.5) is 0 Å². The third-order valence-electron chi connectivity index (χ3n) is 5.06. The van der Waals surface area contributed by atoms with E-state index in [9.17, 15) is 0 Å². The summed E-state index contributed by atoms with van der Waals surface area (Å²) in [6, 6.07) is 0.827. The summed E-state index contributed by atoms with van der Waals surface area (Å²) in [7, 11) is 2.27. The molecule has 21 heavy (non-hydrogen) atoms. The summed E-state index contributed by atoms with van der Waals surface area (Å²) < 4.78 is 5.71. The summed E-state index contributed by atoms with van der Waals surface area (Å²) in [5.74, 6) is 0.889. The molecule has 0 heterocycles. The summed E-state index contributed by atoms with van der Waals surface area (Å²) in [5.41, 5.74) is 0.493. The molecular weight excluding hydrogens is 260 g/mol. The second kappa shape index (κ2) is 7.94. The Morgan fingerprint density at radius 1 is 1.29 bits per heavy atom. The van der Waals surface area contributed by atoms with Crippen LogP contribution in [-0.4, -0.2) is 50.3 Å². The van der Waals surface area contributed by atoms with Crippen molar-refractivity contribution < 1.29 is 4.74 Å². The molecule has 2 fully saturated rings. The molecule has 0 amide bonds. The van der Waals surface area contributed by atoms with Crippen LogP contribution in [0.1, 0.15) is 59.3 Å². The Balaban J connectivity index is 1.81. The molecule has 1 N–H and O–H groups in total. The standard InChI is InChI=1S/C18H36N2O/c1-15(2)21-11-10-20(4)14-18(13-19-17-7-8-17)9-5-6-16(3)12-18/h15-17,19H,5-14H2,1-4H3. The lowest BCUT2D eigenvalue weighted by atomic mass is 9.69. The van der Waals surface area contributed by atoms with E-state index in [4.69, 9.17) is 4.74 Å². The van der Waals surface area contributed by atoms with E-state index in [0.717, 1.165) is 25.1 Å². The second-order valence-electron chi connectivity index (χ2n) is 8.01. The van der Waals surface area contributed by atoms with Gasteiger partial charge in [0.15, 0.2) is 0 Å². The fourth-order valence-electron chi connectivity index (χ4n) is 3.87. The van der Waals surface area contributed by atoms with Crippen LogP contribution in [0.15, 0.2) is 0 Å². The SMILES string of the molecule is CC1CCCC(CNC2CC2)(CN(C)CCOC(C)C)C1. The van der Waals surface area contributed by atoms with Crippen LogP contribution in [0.5, 0.6) is 0 Å². The van der Waals surface area contributed by atoms with Gasteiger partial charge in [0.05, 0.1) is 12.7 Å². The number of likely N-dealkylation sites (N-methyl/N-ethyl adjacent to an activating group) is 1. The molecule has 2 aliphatic rings. The van der Waals surface area contributed by atoms with Crippen LogP contribution in [0.2, 0.25) is 0 Å². The van der Waals surface area contributed by atoms with Crippen molar-refractivity contribution in [3.63, 3.8) is 0 Å². The van der Waals surface area contributed by atoms with Gasteiger partial charge in [0.1, 0.15) is 0 Å². The molecule has 2 atom stereocenters. The smallest absolute Gasteiger partial charge is 0.0596 e. The van der Waals surface area contributed by atoms with E-state index in [-0.39, 0.29) is 0 Å². The van der Waals surface area contributed by atoms with Gasteiger partial charge in [-0.15, -0.1) is 0 Å². The molecule has 0 saturated heterocycles. The van der Waals surface area contributed by atoms with Crippen molar-refractivity contribution in [3.8, 4) is 0 Å². The fourth-order valence-corrected chi connectivity index (χ4v) is 3.87. The van der Waals surface area contributed by atoms with Gasteiger partial charge in [-0.05, 0) is 57.9 Å². The highest BCUT2D eigenvalue weighted by Gasteiger charge is 2.37. The molecule has 124 valence electrons. The number of hydrogen-bond donors (Lipinski definition) is 1. The average Bonchev–Trinajstić information content (AvgIpc) is 3.20. The van der Waals surface area contributed by atoms with Crippen LogP contribution in [-0.2, 0) is 4.74 Å². The maximum absolute atomic E-state index is 5.71. The predicted molar refractivity (Wildman–Crippen MR) is 89.7 cm³/mol. The number of ether oxygens (including phenoxy) is 1. The lowest BCUT2D eigenvalue weighted by Gasteiger charge is -2.43. The molecule has 0 aromatic rings. The minimum Gasteiger partial charge on any atom is -0.377 e. The zero-order valence-corrected chi connectivity index (χ0v) is 14.7. The van der Waals surface area contributed by atoms with E-state index >= 15 is 0 Å². The van der Waals surface area contributed by atoms with Gasteiger partial charge < -0.3 is 15.0 Å².